The van der Waals surface area contributed by atoms with Crippen LogP contribution in [0.25, 0.3) is 0 Å². The van der Waals surface area contributed by atoms with Gasteiger partial charge < -0.3 is 10.2 Å². The molecule has 0 bridgehead atoms. The fourth-order valence-corrected chi connectivity index (χ4v) is 2.31. The van der Waals surface area contributed by atoms with E-state index in [4.69, 9.17) is 0 Å². The molecule has 1 aromatic carbocycles. The van der Waals surface area contributed by atoms with Gasteiger partial charge in [-0.25, -0.2) is 4.39 Å². The van der Waals surface area contributed by atoms with E-state index >= 15 is 0 Å². The first-order valence-electron chi connectivity index (χ1n) is 7.54. The van der Waals surface area contributed by atoms with Crippen molar-refractivity contribution in [3.8, 4) is 0 Å². The van der Waals surface area contributed by atoms with Crippen LogP contribution in [0.4, 0.5) is 10.1 Å². The Labute approximate surface area is 123 Å². The molecule has 1 N–H and O–H groups in total. The Morgan fingerprint density at radius 2 is 1.80 bits per heavy atom. The fourth-order valence-electron chi connectivity index (χ4n) is 2.31. The Balaban J connectivity index is 2.55. The van der Waals surface area contributed by atoms with Crippen molar-refractivity contribution >= 4 is 5.69 Å². The van der Waals surface area contributed by atoms with Crippen molar-refractivity contribution in [3.05, 3.63) is 30.1 Å². The van der Waals surface area contributed by atoms with Gasteiger partial charge in [0.1, 0.15) is 5.82 Å². The molecule has 3 heteroatoms. The molecule has 0 aliphatic heterocycles. The Morgan fingerprint density at radius 1 is 1.20 bits per heavy atom. The van der Waals surface area contributed by atoms with E-state index in [1.807, 2.05) is 12.1 Å². The molecular weight excluding hydrogens is 251 g/mol. The third kappa shape index (κ3) is 5.49. The summed E-state index contributed by atoms with van der Waals surface area (Å²) >= 11 is 0. The average molecular weight is 280 g/mol. The highest BCUT2D eigenvalue weighted by atomic mass is 19.1. The molecule has 0 aromatic heterocycles. The molecule has 0 radical (unpaired) electrons. The lowest BCUT2D eigenvalue weighted by atomic mass is 9.84. The second-order valence-electron chi connectivity index (χ2n) is 6.56. The first-order valence-corrected chi connectivity index (χ1v) is 7.54. The van der Waals surface area contributed by atoms with E-state index < -0.39 is 0 Å². The predicted octanol–water partition coefficient (Wildman–Crippen LogP) is 4.07. The molecule has 20 heavy (non-hydrogen) atoms. The molecule has 0 aliphatic rings. The zero-order valence-electron chi connectivity index (χ0n) is 13.5. The summed E-state index contributed by atoms with van der Waals surface area (Å²) in [6.45, 7) is 11.0. The molecule has 0 amide bonds. The molecule has 1 aromatic rings. The highest BCUT2D eigenvalue weighted by Gasteiger charge is 2.23. The number of nitrogens with one attached hydrogen (secondary N) is 1. The molecule has 0 heterocycles. The van der Waals surface area contributed by atoms with Gasteiger partial charge in [0.2, 0.25) is 0 Å². The van der Waals surface area contributed by atoms with E-state index in [2.05, 4.69) is 45.0 Å². The number of halogens is 1. The Kier molecular flexibility index (Phi) is 6.47. The maximum Gasteiger partial charge on any atom is 0.123 e. The van der Waals surface area contributed by atoms with Crippen molar-refractivity contribution in [3.63, 3.8) is 0 Å². The molecule has 1 atom stereocenters. The van der Waals surface area contributed by atoms with Gasteiger partial charge >= 0.3 is 0 Å². The second-order valence-corrected chi connectivity index (χ2v) is 6.56. The minimum Gasteiger partial charge on any atom is -0.375 e. The molecule has 0 saturated carbocycles. The van der Waals surface area contributed by atoms with Crippen molar-refractivity contribution in [2.24, 2.45) is 5.41 Å². The quantitative estimate of drug-likeness (QED) is 0.810. The largest absolute Gasteiger partial charge is 0.375 e. The number of hydrogen-bond acceptors (Lipinski definition) is 2. The van der Waals surface area contributed by atoms with Crippen molar-refractivity contribution < 1.29 is 4.39 Å². The third-order valence-electron chi connectivity index (χ3n) is 3.71. The summed E-state index contributed by atoms with van der Waals surface area (Å²) in [7, 11) is 2.06. The highest BCUT2D eigenvalue weighted by Crippen LogP contribution is 2.23. The van der Waals surface area contributed by atoms with Crippen molar-refractivity contribution in [2.45, 2.75) is 46.6 Å². The molecule has 1 rings (SSSR count). The van der Waals surface area contributed by atoms with Crippen molar-refractivity contribution in [1.29, 1.82) is 0 Å². The van der Waals surface area contributed by atoms with Gasteiger partial charge in [-0.05, 0) is 49.1 Å². The highest BCUT2D eigenvalue weighted by molar-refractivity contribution is 5.45. The van der Waals surface area contributed by atoms with E-state index in [1.54, 1.807) is 0 Å². The average Bonchev–Trinajstić information content (AvgIpc) is 2.37. The summed E-state index contributed by atoms with van der Waals surface area (Å²) in [6, 6.07) is 7.19. The Hall–Kier alpha value is -1.09. The van der Waals surface area contributed by atoms with Gasteiger partial charge in [-0.3, -0.25) is 0 Å². The summed E-state index contributed by atoms with van der Waals surface area (Å²) in [5.74, 6) is -0.181. The van der Waals surface area contributed by atoms with E-state index in [0.717, 1.165) is 31.6 Å². The summed E-state index contributed by atoms with van der Waals surface area (Å²) in [4.78, 5) is 2.19. The van der Waals surface area contributed by atoms with Gasteiger partial charge in [0.15, 0.2) is 0 Å². The monoisotopic (exact) mass is 280 g/mol. The predicted molar refractivity (Wildman–Crippen MR) is 85.8 cm³/mol. The van der Waals surface area contributed by atoms with Crippen LogP contribution in [0.15, 0.2) is 24.3 Å². The first-order chi connectivity index (χ1) is 9.34. The molecule has 0 fully saturated rings. The first kappa shape index (κ1) is 17.0. The number of hydrogen-bond donors (Lipinski definition) is 1. The van der Waals surface area contributed by atoms with Crippen molar-refractivity contribution in [2.75, 3.05) is 25.0 Å². The Bertz CT molecular complexity index is 381. The minimum atomic E-state index is -0.181. The van der Waals surface area contributed by atoms with Crippen LogP contribution in [-0.2, 0) is 0 Å². The zero-order valence-corrected chi connectivity index (χ0v) is 13.5. The number of nitrogens with zero attached hydrogens (tertiary/aromatic N) is 1. The normalized spacial score (nSPS) is 13.3. The van der Waals surface area contributed by atoms with Crippen LogP contribution in [-0.4, -0.2) is 26.2 Å². The second kappa shape index (κ2) is 7.63. The van der Waals surface area contributed by atoms with Crippen LogP contribution in [0.5, 0.6) is 0 Å². The van der Waals surface area contributed by atoms with Crippen LogP contribution >= 0.6 is 0 Å². The van der Waals surface area contributed by atoms with E-state index in [9.17, 15) is 4.39 Å². The lowest BCUT2D eigenvalue weighted by molar-refractivity contribution is 0.257. The fraction of sp³-hybridized carbons (Fsp3) is 0.647. The lowest BCUT2D eigenvalue weighted by Crippen LogP contribution is -2.42. The topological polar surface area (TPSA) is 15.3 Å². The van der Waals surface area contributed by atoms with Gasteiger partial charge in [0.05, 0.1) is 0 Å². The van der Waals surface area contributed by atoms with Gasteiger partial charge in [-0.15, -0.1) is 0 Å². The van der Waals surface area contributed by atoms with Gasteiger partial charge in [0, 0.05) is 25.3 Å². The van der Waals surface area contributed by atoms with Crippen LogP contribution in [0.2, 0.25) is 0 Å². The van der Waals surface area contributed by atoms with Crippen LogP contribution in [0, 0.1) is 11.2 Å². The zero-order chi connectivity index (χ0) is 15.2. The smallest absolute Gasteiger partial charge is 0.123 e. The van der Waals surface area contributed by atoms with Crippen molar-refractivity contribution in [1.82, 2.24) is 5.32 Å². The van der Waals surface area contributed by atoms with Crippen LogP contribution in [0.3, 0.4) is 0 Å². The number of rotatable bonds is 7. The number of anilines is 1. The van der Waals surface area contributed by atoms with E-state index in [0.29, 0.717) is 6.04 Å². The molecular formula is C17H29FN2. The summed E-state index contributed by atoms with van der Waals surface area (Å²) in [6.07, 6.45) is 2.23. The maximum atomic E-state index is 12.9. The summed E-state index contributed by atoms with van der Waals surface area (Å²) in [5, 5.41) is 3.64. The maximum absolute atomic E-state index is 12.9. The van der Waals surface area contributed by atoms with Gasteiger partial charge in [-0.1, -0.05) is 27.7 Å². The van der Waals surface area contributed by atoms with Gasteiger partial charge in [0.25, 0.3) is 0 Å². The Morgan fingerprint density at radius 3 is 2.30 bits per heavy atom. The SMILES string of the molecule is CCCNC(CCN(C)c1ccc(F)cc1)C(C)(C)C. The van der Waals surface area contributed by atoms with E-state index in [-0.39, 0.29) is 11.2 Å². The molecule has 2 nitrogen and oxygen atoms in total. The molecule has 1 unspecified atom stereocenters. The molecule has 0 spiro atoms. The standard InChI is InChI=1S/C17H29FN2/c1-6-12-19-16(17(2,3)4)11-13-20(5)15-9-7-14(18)8-10-15/h7-10,16,19H,6,11-13H2,1-5H3. The van der Waals surface area contributed by atoms with Crippen LogP contribution in [0.1, 0.15) is 40.5 Å². The van der Waals surface area contributed by atoms with E-state index in [1.165, 1.54) is 12.1 Å². The van der Waals surface area contributed by atoms with Gasteiger partial charge in [-0.2, -0.15) is 0 Å². The third-order valence-corrected chi connectivity index (χ3v) is 3.71. The molecule has 0 saturated heterocycles. The summed E-state index contributed by atoms with van der Waals surface area (Å²) < 4.78 is 12.9. The van der Waals surface area contributed by atoms with Crippen LogP contribution < -0.4 is 10.2 Å². The molecule has 114 valence electrons. The molecule has 0 aliphatic carbocycles. The lowest BCUT2D eigenvalue weighted by Gasteiger charge is -2.33. The summed E-state index contributed by atoms with van der Waals surface area (Å²) in [5.41, 5.74) is 1.31. The number of benzene rings is 1. The minimum absolute atomic E-state index is 0.181.